The number of alkyl halides is 3. The third-order valence-corrected chi connectivity index (χ3v) is 6.88. The number of pyridine rings is 1. The van der Waals surface area contributed by atoms with Crippen molar-refractivity contribution in [3.8, 4) is 0 Å². The zero-order valence-corrected chi connectivity index (χ0v) is 17.8. The highest BCUT2D eigenvalue weighted by Crippen LogP contribution is 2.41. The van der Waals surface area contributed by atoms with E-state index in [4.69, 9.17) is 16.3 Å². The molecule has 11 heteroatoms. The number of hydrogen-bond donors (Lipinski definition) is 1. The first-order valence-electron chi connectivity index (χ1n) is 9.08. The topological polar surface area (TPSA) is 85.4 Å². The molecular formula is C20H18ClF3N2O4S. The Morgan fingerprint density at radius 1 is 1.23 bits per heavy atom. The molecule has 0 saturated carbocycles. The summed E-state index contributed by atoms with van der Waals surface area (Å²) in [5, 5.41) is 3.02. The van der Waals surface area contributed by atoms with Crippen molar-refractivity contribution in [3.63, 3.8) is 0 Å². The van der Waals surface area contributed by atoms with Crippen LogP contribution in [-0.2, 0) is 25.0 Å². The van der Waals surface area contributed by atoms with Crippen LogP contribution in [0.25, 0.3) is 0 Å². The quantitative estimate of drug-likeness (QED) is 0.683. The van der Waals surface area contributed by atoms with E-state index < -0.39 is 31.7 Å². The van der Waals surface area contributed by atoms with E-state index in [9.17, 15) is 26.4 Å². The first kappa shape index (κ1) is 23.2. The van der Waals surface area contributed by atoms with Gasteiger partial charge < -0.3 is 10.1 Å². The molecule has 0 bridgehead atoms. The van der Waals surface area contributed by atoms with E-state index in [1.165, 1.54) is 0 Å². The molecular weight excluding hydrogens is 457 g/mol. The summed E-state index contributed by atoms with van der Waals surface area (Å²) in [6.45, 7) is 0. The number of sulfone groups is 1. The van der Waals surface area contributed by atoms with Crippen molar-refractivity contribution in [2.75, 3.05) is 12.4 Å². The Kier molecular flexibility index (Phi) is 6.45. The first-order chi connectivity index (χ1) is 14.5. The van der Waals surface area contributed by atoms with Gasteiger partial charge in [0.15, 0.2) is 0 Å². The zero-order chi connectivity index (χ0) is 22.9. The van der Waals surface area contributed by atoms with Crippen molar-refractivity contribution in [2.24, 2.45) is 0 Å². The van der Waals surface area contributed by atoms with Crippen LogP contribution in [0.2, 0.25) is 5.02 Å². The molecule has 2 aromatic rings. The molecule has 1 atom stereocenters. The van der Waals surface area contributed by atoms with Gasteiger partial charge in [-0.05, 0) is 49.2 Å². The Bertz CT molecular complexity index is 1120. The summed E-state index contributed by atoms with van der Waals surface area (Å²) < 4.78 is 66.4. The number of benzene rings is 1. The summed E-state index contributed by atoms with van der Waals surface area (Å²) in [5.41, 5.74) is -4.95. The van der Waals surface area contributed by atoms with E-state index in [2.05, 4.69) is 10.3 Å². The van der Waals surface area contributed by atoms with Crippen molar-refractivity contribution in [1.82, 2.24) is 4.98 Å². The molecule has 0 radical (unpaired) electrons. The van der Waals surface area contributed by atoms with Gasteiger partial charge in [-0.25, -0.2) is 8.42 Å². The molecule has 1 aliphatic rings. The minimum absolute atomic E-state index is 0.170. The minimum Gasteiger partial charge on any atom is -0.372 e. The Hall–Kier alpha value is -2.43. The number of aromatic nitrogens is 1. The summed E-state index contributed by atoms with van der Waals surface area (Å²) in [6.07, 6.45) is 4.47. The Labute approximate surface area is 182 Å². The van der Waals surface area contributed by atoms with Gasteiger partial charge in [0, 0.05) is 31.0 Å². The first-order valence-corrected chi connectivity index (χ1v) is 10.9. The number of nitrogens with zero attached hydrogens (tertiary/aromatic N) is 1. The number of hydrogen-bond acceptors (Lipinski definition) is 5. The smallest absolute Gasteiger partial charge is 0.372 e. The summed E-state index contributed by atoms with van der Waals surface area (Å²) in [4.78, 5) is 16.0. The number of halogens is 4. The number of anilines is 1. The highest BCUT2D eigenvalue weighted by Gasteiger charge is 2.46. The largest absolute Gasteiger partial charge is 0.501 e. The monoisotopic (exact) mass is 474 g/mol. The molecule has 0 saturated heterocycles. The predicted molar refractivity (Wildman–Crippen MR) is 108 cm³/mol. The van der Waals surface area contributed by atoms with Crippen molar-refractivity contribution in [1.29, 1.82) is 0 Å². The van der Waals surface area contributed by atoms with Crippen LogP contribution < -0.4 is 5.32 Å². The van der Waals surface area contributed by atoms with Crippen LogP contribution in [0.3, 0.4) is 0 Å². The number of amides is 1. The lowest BCUT2D eigenvalue weighted by Crippen LogP contribution is -2.33. The maximum absolute atomic E-state index is 12.6. The van der Waals surface area contributed by atoms with Gasteiger partial charge >= 0.3 is 5.51 Å². The molecule has 1 heterocycles. The van der Waals surface area contributed by atoms with Gasteiger partial charge in [-0.2, -0.15) is 13.2 Å². The van der Waals surface area contributed by atoms with Crippen LogP contribution in [0.5, 0.6) is 0 Å². The standard InChI is InChI=1S/C20H18ClF3N2O4S/c1-30-19(17-16(21)3-2-12-25-17)10-8-13(9-11-19)18(27)26-14-4-6-15(7-5-14)31(28,29)20(22,23)24/h2-8,12H,9-11H2,1H3,(H,26,27). The number of nitrogens with one attached hydrogen (secondary N) is 1. The summed E-state index contributed by atoms with van der Waals surface area (Å²) in [6, 6.07) is 7.22. The van der Waals surface area contributed by atoms with Gasteiger partial charge in [0.25, 0.3) is 15.7 Å². The molecule has 1 aliphatic carbocycles. The Morgan fingerprint density at radius 3 is 2.42 bits per heavy atom. The average Bonchev–Trinajstić information content (AvgIpc) is 2.73. The Morgan fingerprint density at radius 2 is 1.90 bits per heavy atom. The van der Waals surface area contributed by atoms with Gasteiger partial charge in [0.05, 0.1) is 15.6 Å². The van der Waals surface area contributed by atoms with Crippen molar-refractivity contribution in [3.05, 3.63) is 65.0 Å². The van der Waals surface area contributed by atoms with E-state index in [0.717, 1.165) is 24.3 Å². The second kappa shape index (κ2) is 8.60. The number of ether oxygens (including phenoxy) is 1. The van der Waals surface area contributed by atoms with E-state index in [1.54, 1.807) is 31.5 Å². The third kappa shape index (κ3) is 4.60. The lowest BCUT2D eigenvalue weighted by Gasteiger charge is -2.35. The molecule has 0 fully saturated rings. The maximum atomic E-state index is 12.6. The van der Waals surface area contributed by atoms with Gasteiger partial charge in [-0.3, -0.25) is 9.78 Å². The molecule has 1 aromatic carbocycles. The normalized spacial score (nSPS) is 19.6. The van der Waals surface area contributed by atoms with E-state index in [0.29, 0.717) is 35.6 Å². The summed E-state index contributed by atoms with van der Waals surface area (Å²) in [5.74, 6) is -0.441. The predicted octanol–water partition coefficient (Wildman–Crippen LogP) is 4.62. The van der Waals surface area contributed by atoms with Gasteiger partial charge in [0.1, 0.15) is 5.60 Å². The van der Waals surface area contributed by atoms with E-state index >= 15 is 0 Å². The second-order valence-electron chi connectivity index (χ2n) is 6.89. The summed E-state index contributed by atoms with van der Waals surface area (Å²) >= 11 is 6.25. The molecule has 1 amide bonds. The number of rotatable bonds is 5. The van der Waals surface area contributed by atoms with Crippen LogP contribution in [0.1, 0.15) is 25.0 Å². The van der Waals surface area contributed by atoms with E-state index in [-0.39, 0.29) is 5.69 Å². The molecule has 1 N–H and O–H groups in total. The summed E-state index contributed by atoms with van der Waals surface area (Å²) in [7, 11) is -3.90. The lowest BCUT2D eigenvalue weighted by molar-refractivity contribution is -0.113. The molecule has 6 nitrogen and oxygen atoms in total. The van der Waals surface area contributed by atoms with Gasteiger partial charge in [0.2, 0.25) is 0 Å². The molecule has 1 aromatic heterocycles. The van der Waals surface area contributed by atoms with Crippen molar-refractivity contribution in [2.45, 2.75) is 35.3 Å². The zero-order valence-electron chi connectivity index (χ0n) is 16.2. The van der Waals surface area contributed by atoms with Crippen molar-refractivity contribution < 1.29 is 31.1 Å². The minimum atomic E-state index is -5.44. The van der Waals surface area contributed by atoms with Gasteiger partial charge in [-0.15, -0.1) is 0 Å². The highest BCUT2D eigenvalue weighted by atomic mass is 35.5. The fourth-order valence-electron chi connectivity index (χ4n) is 3.32. The molecule has 166 valence electrons. The number of carbonyl (C=O) groups is 1. The van der Waals surface area contributed by atoms with Crippen molar-refractivity contribution >= 4 is 33.0 Å². The van der Waals surface area contributed by atoms with Gasteiger partial charge in [-0.1, -0.05) is 17.7 Å². The van der Waals surface area contributed by atoms with Crippen LogP contribution in [-0.4, -0.2) is 31.9 Å². The number of carbonyl (C=O) groups excluding carboxylic acids is 1. The molecule has 3 rings (SSSR count). The van der Waals surface area contributed by atoms with Crippen LogP contribution >= 0.6 is 11.6 Å². The molecule has 0 aliphatic heterocycles. The second-order valence-corrected chi connectivity index (χ2v) is 9.24. The lowest BCUT2D eigenvalue weighted by atomic mass is 9.82. The van der Waals surface area contributed by atoms with Crippen LogP contribution in [0.4, 0.5) is 18.9 Å². The molecule has 0 spiro atoms. The number of methoxy groups -OCH3 is 1. The van der Waals surface area contributed by atoms with Crippen LogP contribution in [0, 0.1) is 0 Å². The fraction of sp³-hybridized carbons (Fsp3) is 0.300. The SMILES string of the molecule is COC1(c2ncccc2Cl)CC=C(C(=O)Nc2ccc(S(=O)(=O)C(F)(F)F)cc2)CC1. The van der Waals surface area contributed by atoms with E-state index in [1.807, 2.05) is 0 Å². The molecule has 1 unspecified atom stereocenters. The van der Waals surface area contributed by atoms with Crippen LogP contribution in [0.15, 0.2) is 59.1 Å². The highest BCUT2D eigenvalue weighted by molar-refractivity contribution is 7.92. The Balaban J connectivity index is 1.73. The average molecular weight is 475 g/mol. The third-order valence-electron chi connectivity index (χ3n) is 5.08. The molecule has 31 heavy (non-hydrogen) atoms. The fourth-order valence-corrected chi connectivity index (χ4v) is 4.37. The maximum Gasteiger partial charge on any atom is 0.501 e.